The minimum absolute atomic E-state index is 0.183. The lowest BCUT2D eigenvalue weighted by Gasteiger charge is -2.26. The number of amides is 1. The maximum atomic E-state index is 12.4. The van der Waals surface area contributed by atoms with Gasteiger partial charge in [0.15, 0.2) is 0 Å². The molecule has 118 valence electrons. The number of carbonyl (C=O) groups excluding carboxylic acids is 2. The van der Waals surface area contributed by atoms with Crippen LogP contribution in [0.4, 0.5) is 5.69 Å². The number of carbonyl (C=O) groups is 2. The molecule has 1 amide bonds. The summed E-state index contributed by atoms with van der Waals surface area (Å²) in [5.41, 5.74) is -1.71. The number of methoxy groups -OCH3 is 1. The van der Waals surface area contributed by atoms with E-state index in [2.05, 4.69) is 5.32 Å². The molecule has 0 saturated carbocycles. The maximum Gasteiger partial charge on any atom is 0.332 e. The van der Waals surface area contributed by atoms with Crippen LogP contribution in [0.1, 0.15) is 16.8 Å². The molecule has 1 aromatic rings. The number of nitrogens with one attached hydrogen (secondary N) is 1. The summed E-state index contributed by atoms with van der Waals surface area (Å²) < 4.78 is 4.75. The smallest absolute Gasteiger partial charge is 0.332 e. The van der Waals surface area contributed by atoms with Gasteiger partial charge in [-0.3, -0.25) is 14.9 Å². The number of nitro benzene ring substituents is 1. The van der Waals surface area contributed by atoms with Crippen molar-refractivity contribution in [1.29, 1.82) is 0 Å². The molecular formula is C13H13ClN2O5S. The van der Waals surface area contributed by atoms with Crippen molar-refractivity contribution in [3.8, 4) is 0 Å². The molecule has 2 rings (SSSR count). The zero-order valence-corrected chi connectivity index (χ0v) is 13.2. The van der Waals surface area contributed by atoms with Crippen LogP contribution in [-0.2, 0) is 9.53 Å². The number of benzene rings is 1. The Bertz CT molecular complexity index is 631. The Balaban J connectivity index is 2.34. The lowest BCUT2D eigenvalue weighted by molar-refractivity contribution is -0.385. The third-order valence-corrected chi connectivity index (χ3v) is 4.78. The highest BCUT2D eigenvalue weighted by atomic mass is 35.5. The molecule has 0 bridgehead atoms. The molecule has 1 heterocycles. The molecule has 1 N–H and O–H groups in total. The second-order valence-electron chi connectivity index (χ2n) is 4.75. The van der Waals surface area contributed by atoms with Gasteiger partial charge in [-0.25, -0.2) is 4.79 Å². The maximum absolute atomic E-state index is 12.4. The van der Waals surface area contributed by atoms with Gasteiger partial charge in [-0.05, 0) is 24.3 Å². The summed E-state index contributed by atoms with van der Waals surface area (Å²) >= 11 is 7.31. The highest BCUT2D eigenvalue weighted by Gasteiger charge is 2.45. The van der Waals surface area contributed by atoms with E-state index in [9.17, 15) is 19.7 Å². The predicted octanol–water partition coefficient (Wildman–Crippen LogP) is 2.03. The average molecular weight is 345 g/mol. The van der Waals surface area contributed by atoms with Crippen LogP contribution in [0.2, 0.25) is 5.02 Å². The van der Waals surface area contributed by atoms with Gasteiger partial charge in [0.25, 0.3) is 11.6 Å². The number of nitrogens with zero attached hydrogens (tertiary/aromatic N) is 1. The van der Waals surface area contributed by atoms with Crippen LogP contribution in [0.25, 0.3) is 0 Å². The summed E-state index contributed by atoms with van der Waals surface area (Å²) in [5.74, 6) is -0.232. The molecule has 0 aliphatic carbocycles. The molecule has 0 radical (unpaired) electrons. The molecule has 0 spiro atoms. The quantitative estimate of drug-likeness (QED) is 0.509. The Hall–Kier alpha value is -1.80. The van der Waals surface area contributed by atoms with Crippen LogP contribution in [0.3, 0.4) is 0 Å². The summed E-state index contributed by atoms with van der Waals surface area (Å²) in [6, 6.07) is 3.70. The van der Waals surface area contributed by atoms with Crippen molar-refractivity contribution >= 4 is 40.9 Å². The fourth-order valence-electron chi connectivity index (χ4n) is 2.20. The predicted molar refractivity (Wildman–Crippen MR) is 82.3 cm³/mol. The van der Waals surface area contributed by atoms with Crippen molar-refractivity contribution in [3.63, 3.8) is 0 Å². The van der Waals surface area contributed by atoms with Crippen LogP contribution >= 0.6 is 23.4 Å². The van der Waals surface area contributed by atoms with Gasteiger partial charge in [-0.1, -0.05) is 11.6 Å². The van der Waals surface area contributed by atoms with Crippen molar-refractivity contribution < 1.29 is 19.2 Å². The first-order valence-electron chi connectivity index (χ1n) is 6.32. The van der Waals surface area contributed by atoms with E-state index in [1.807, 2.05) is 0 Å². The van der Waals surface area contributed by atoms with Gasteiger partial charge in [0, 0.05) is 16.8 Å². The summed E-state index contributed by atoms with van der Waals surface area (Å²) in [4.78, 5) is 34.8. The SMILES string of the molecule is COC(=O)[C@@]1(NC(=O)c2cc(Cl)ccc2[N+](=O)[O-])CCSC1. The van der Waals surface area contributed by atoms with Crippen molar-refractivity contribution in [2.24, 2.45) is 0 Å². The number of esters is 1. The lowest BCUT2D eigenvalue weighted by atomic mass is 9.98. The Morgan fingerprint density at radius 1 is 1.50 bits per heavy atom. The minimum Gasteiger partial charge on any atom is -0.467 e. The highest BCUT2D eigenvalue weighted by Crippen LogP contribution is 2.30. The zero-order chi connectivity index (χ0) is 16.3. The number of hydrogen-bond acceptors (Lipinski definition) is 6. The number of rotatable bonds is 4. The van der Waals surface area contributed by atoms with Crippen LogP contribution in [0.15, 0.2) is 18.2 Å². The van der Waals surface area contributed by atoms with Gasteiger partial charge in [-0.2, -0.15) is 11.8 Å². The van der Waals surface area contributed by atoms with E-state index in [-0.39, 0.29) is 16.3 Å². The zero-order valence-electron chi connectivity index (χ0n) is 11.6. The van der Waals surface area contributed by atoms with Gasteiger partial charge >= 0.3 is 5.97 Å². The van der Waals surface area contributed by atoms with Gasteiger partial charge in [-0.15, -0.1) is 0 Å². The van der Waals surface area contributed by atoms with E-state index >= 15 is 0 Å². The fraction of sp³-hybridized carbons (Fsp3) is 0.385. The summed E-state index contributed by atoms with van der Waals surface area (Å²) in [5, 5.41) is 13.8. The molecule has 0 unspecified atom stereocenters. The summed E-state index contributed by atoms with van der Waals surface area (Å²) in [6.07, 6.45) is 0.407. The molecule has 1 atom stereocenters. The topological polar surface area (TPSA) is 98.5 Å². The third kappa shape index (κ3) is 3.17. The molecule has 7 nitrogen and oxygen atoms in total. The number of ether oxygens (including phenoxy) is 1. The van der Waals surface area contributed by atoms with Crippen LogP contribution < -0.4 is 5.32 Å². The molecule has 1 fully saturated rings. The fourth-order valence-corrected chi connectivity index (χ4v) is 3.70. The normalized spacial score (nSPS) is 20.5. The molecule has 9 heteroatoms. The van der Waals surface area contributed by atoms with Crippen LogP contribution in [0.5, 0.6) is 0 Å². The molecule has 1 aliphatic rings. The molecule has 1 saturated heterocycles. The van der Waals surface area contributed by atoms with E-state index in [0.717, 1.165) is 6.07 Å². The van der Waals surface area contributed by atoms with E-state index in [1.54, 1.807) is 0 Å². The molecule has 22 heavy (non-hydrogen) atoms. The average Bonchev–Trinajstić information content (AvgIpc) is 2.95. The van der Waals surface area contributed by atoms with Gasteiger partial charge in [0.05, 0.1) is 12.0 Å². The van der Waals surface area contributed by atoms with Crippen molar-refractivity contribution in [2.75, 3.05) is 18.6 Å². The van der Waals surface area contributed by atoms with Crippen molar-refractivity contribution in [2.45, 2.75) is 12.0 Å². The number of nitro groups is 1. The molecule has 0 aromatic heterocycles. The first kappa shape index (κ1) is 16.6. The first-order chi connectivity index (χ1) is 10.4. The third-order valence-electron chi connectivity index (χ3n) is 3.35. The standard InChI is InChI=1S/C13H13ClN2O5S/c1-21-12(18)13(4-5-22-7-13)15-11(17)9-6-8(14)2-3-10(9)16(19)20/h2-3,6H,4-5,7H2,1H3,(H,15,17)/t13-/m1/s1. The molecule has 1 aliphatic heterocycles. The van der Waals surface area contributed by atoms with Gasteiger partial charge in [0.1, 0.15) is 11.1 Å². The van der Waals surface area contributed by atoms with Crippen LogP contribution in [-0.4, -0.2) is 41.0 Å². The monoisotopic (exact) mass is 344 g/mol. The summed E-state index contributed by atoms with van der Waals surface area (Å²) in [6.45, 7) is 0. The number of hydrogen-bond donors (Lipinski definition) is 1. The molecular weight excluding hydrogens is 332 g/mol. The Kier molecular flexibility index (Phi) is 4.92. The second kappa shape index (κ2) is 6.53. The number of thioether (sulfide) groups is 1. The van der Waals surface area contributed by atoms with Crippen molar-refractivity contribution in [3.05, 3.63) is 38.9 Å². The highest BCUT2D eigenvalue weighted by molar-refractivity contribution is 7.99. The van der Waals surface area contributed by atoms with E-state index in [1.165, 1.54) is 31.0 Å². The van der Waals surface area contributed by atoms with E-state index < -0.39 is 22.3 Å². The minimum atomic E-state index is -1.16. The Morgan fingerprint density at radius 2 is 2.23 bits per heavy atom. The first-order valence-corrected chi connectivity index (χ1v) is 7.85. The van der Waals surface area contributed by atoms with E-state index in [4.69, 9.17) is 16.3 Å². The second-order valence-corrected chi connectivity index (χ2v) is 6.29. The lowest BCUT2D eigenvalue weighted by Crippen LogP contribution is -2.55. The van der Waals surface area contributed by atoms with Crippen molar-refractivity contribution in [1.82, 2.24) is 5.32 Å². The Morgan fingerprint density at radius 3 is 2.77 bits per heavy atom. The van der Waals surface area contributed by atoms with E-state index in [0.29, 0.717) is 17.9 Å². The number of halogens is 1. The van der Waals surface area contributed by atoms with Gasteiger partial charge < -0.3 is 10.1 Å². The summed E-state index contributed by atoms with van der Waals surface area (Å²) in [7, 11) is 1.24. The Labute approximate surface area is 135 Å². The molecule has 1 aromatic carbocycles. The van der Waals surface area contributed by atoms with Crippen LogP contribution in [0, 0.1) is 10.1 Å². The van der Waals surface area contributed by atoms with Gasteiger partial charge in [0.2, 0.25) is 0 Å². The largest absolute Gasteiger partial charge is 0.467 e.